The van der Waals surface area contributed by atoms with Crippen molar-refractivity contribution in [3.8, 4) is 0 Å². The van der Waals surface area contributed by atoms with Crippen LogP contribution in [0.1, 0.15) is 42.1 Å². The van der Waals surface area contributed by atoms with E-state index in [9.17, 15) is 9.90 Å². The normalized spacial score (nSPS) is 30.7. The second-order valence-electron chi connectivity index (χ2n) is 6.38. The Kier molecular flexibility index (Phi) is 2.91. The molecule has 1 unspecified atom stereocenters. The maximum Gasteiger partial charge on any atom is 0.290 e. The number of imidazole rings is 1. The molecular weight excluding hydrogens is 282 g/mol. The Bertz CT molecular complexity index is 677. The standard InChI is InChI=1S/C16H19N3O3/c1-18-7-6-17-15(18)16(21)9-11-4-5-12(10-16)19(11)14(20)13-3-2-8-22-13/h2-3,6-8,11-12,21H,4-5,9-10H2,1H3/t11-,12+,16?. The number of rotatable bonds is 2. The van der Waals surface area contributed by atoms with Crippen LogP contribution in [0.25, 0.3) is 0 Å². The maximum absolute atomic E-state index is 12.6. The van der Waals surface area contributed by atoms with Crippen molar-refractivity contribution in [3.63, 3.8) is 0 Å². The minimum Gasteiger partial charge on any atom is -0.459 e. The smallest absolute Gasteiger partial charge is 0.290 e. The molecule has 6 nitrogen and oxygen atoms in total. The molecule has 2 aliphatic rings. The molecule has 2 aromatic rings. The van der Waals surface area contributed by atoms with E-state index in [1.807, 2.05) is 22.7 Å². The number of nitrogens with zero attached hydrogens (tertiary/aromatic N) is 3. The third-order valence-electron chi connectivity index (χ3n) is 4.97. The number of furan rings is 1. The third-order valence-corrected chi connectivity index (χ3v) is 4.97. The van der Waals surface area contributed by atoms with Gasteiger partial charge in [-0.2, -0.15) is 0 Å². The largest absolute Gasteiger partial charge is 0.459 e. The molecule has 4 heterocycles. The van der Waals surface area contributed by atoms with Crippen molar-refractivity contribution in [3.05, 3.63) is 42.4 Å². The zero-order chi connectivity index (χ0) is 15.3. The number of aromatic nitrogens is 2. The Morgan fingerprint density at radius 2 is 2.14 bits per heavy atom. The Morgan fingerprint density at radius 1 is 1.41 bits per heavy atom. The first kappa shape index (κ1) is 13.6. The summed E-state index contributed by atoms with van der Waals surface area (Å²) < 4.78 is 7.11. The first-order chi connectivity index (χ1) is 10.6. The van der Waals surface area contributed by atoms with Gasteiger partial charge in [-0.25, -0.2) is 4.98 Å². The van der Waals surface area contributed by atoms with Gasteiger partial charge in [0.1, 0.15) is 11.4 Å². The van der Waals surface area contributed by atoms with E-state index in [0.29, 0.717) is 24.4 Å². The van der Waals surface area contributed by atoms with Gasteiger partial charge >= 0.3 is 0 Å². The quantitative estimate of drug-likeness (QED) is 0.916. The molecule has 0 aliphatic carbocycles. The molecule has 0 spiro atoms. The highest BCUT2D eigenvalue weighted by molar-refractivity contribution is 5.92. The number of aliphatic hydroxyl groups is 1. The van der Waals surface area contributed by atoms with Gasteiger partial charge in [-0.05, 0) is 25.0 Å². The topological polar surface area (TPSA) is 71.5 Å². The number of aryl methyl sites for hydroxylation is 1. The van der Waals surface area contributed by atoms with Crippen molar-refractivity contribution in [1.82, 2.24) is 14.5 Å². The fourth-order valence-corrected chi connectivity index (χ4v) is 4.08. The minimum atomic E-state index is -0.954. The van der Waals surface area contributed by atoms with E-state index in [0.717, 1.165) is 12.8 Å². The molecule has 2 aromatic heterocycles. The number of amides is 1. The molecule has 4 rings (SSSR count). The van der Waals surface area contributed by atoms with Gasteiger partial charge in [-0.1, -0.05) is 0 Å². The predicted molar refractivity (Wildman–Crippen MR) is 78.0 cm³/mol. The summed E-state index contributed by atoms with van der Waals surface area (Å²) in [6.07, 6.45) is 7.96. The van der Waals surface area contributed by atoms with Gasteiger partial charge in [0, 0.05) is 44.4 Å². The van der Waals surface area contributed by atoms with Crippen LogP contribution in [0.4, 0.5) is 0 Å². The lowest BCUT2D eigenvalue weighted by molar-refractivity contribution is -0.0561. The molecule has 3 atom stereocenters. The van der Waals surface area contributed by atoms with E-state index in [-0.39, 0.29) is 18.0 Å². The number of hydrogen-bond donors (Lipinski definition) is 1. The molecule has 2 fully saturated rings. The monoisotopic (exact) mass is 301 g/mol. The summed E-state index contributed by atoms with van der Waals surface area (Å²) >= 11 is 0. The van der Waals surface area contributed by atoms with Gasteiger partial charge in [-0.15, -0.1) is 0 Å². The van der Waals surface area contributed by atoms with E-state index in [1.54, 1.807) is 18.3 Å². The van der Waals surface area contributed by atoms with E-state index in [1.165, 1.54) is 6.26 Å². The summed E-state index contributed by atoms with van der Waals surface area (Å²) in [6.45, 7) is 0. The van der Waals surface area contributed by atoms with E-state index < -0.39 is 5.60 Å². The molecule has 116 valence electrons. The fourth-order valence-electron chi connectivity index (χ4n) is 4.08. The summed E-state index contributed by atoms with van der Waals surface area (Å²) in [5.74, 6) is 0.994. The molecule has 22 heavy (non-hydrogen) atoms. The van der Waals surface area contributed by atoms with Gasteiger partial charge in [0.05, 0.1) is 6.26 Å². The van der Waals surface area contributed by atoms with Crippen LogP contribution in [-0.4, -0.2) is 37.5 Å². The minimum absolute atomic E-state index is 0.0399. The first-order valence-electron chi connectivity index (χ1n) is 7.65. The highest BCUT2D eigenvalue weighted by Gasteiger charge is 2.51. The first-order valence-corrected chi connectivity index (χ1v) is 7.65. The Hall–Kier alpha value is -2.08. The molecular formula is C16H19N3O3. The predicted octanol–water partition coefficient (Wildman–Crippen LogP) is 1.67. The van der Waals surface area contributed by atoms with Crippen LogP contribution in [0, 0.1) is 0 Å². The van der Waals surface area contributed by atoms with Gasteiger partial charge in [0.15, 0.2) is 5.76 Å². The van der Waals surface area contributed by atoms with Crippen molar-refractivity contribution in [2.24, 2.45) is 7.05 Å². The van der Waals surface area contributed by atoms with E-state index in [4.69, 9.17) is 4.42 Å². The SMILES string of the molecule is Cn1ccnc1C1(O)C[C@H]2CC[C@@H](C1)N2C(=O)c1ccco1. The number of hydrogen-bond acceptors (Lipinski definition) is 4. The van der Waals surface area contributed by atoms with E-state index in [2.05, 4.69) is 4.98 Å². The second kappa shape index (κ2) is 4.71. The highest BCUT2D eigenvalue weighted by Crippen LogP contribution is 2.45. The molecule has 0 aromatic carbocycles. The highest BCUT2D eigenvalue weighted by atomic mass is 16.3. The molecule has 6 heteroatoms. The zero-order valence-electron chi connectivity index (χ0n) is 12.5. The lowest BCUT2D eigenvalue weighted by Crippen LogP contribution is -2.52. The Labute approximate surface area is 128 Å². The summed E-state index contributed by atoms with van der Waals surface area (Å²) in [7, 11) is 1.89. The van der Waals surface area contributed by atoms with Crippen molar-refractivity contribution < 1.29 is 14.3 Å². The lowest BCUT2D eigenvalue weighted by Gasteiger charge is -2.43. The van der Waals surface area contributed by atoms with Crippen molar-refractivity contribution >= 4 is 5.91 Å². The molecule has 0 saturated carbocycles. The van der Waals surface area contributed by atoms with Crippen molar-refractivity contribution in [1.29, 1.82) is 0 Å². The summed E-state index contributed by atoms with van der Waals surface area (Å²) in [5.41, 5.74) is -0.954. The Morgan fingerprint density at radius 3 is 2.68 bits per heavy atom. The molecule has 1 N–H and O–H groups in total. The Balaban J connectivity index is 1.62. The number of carbonyl (C=O) groups excluding carboxylic acids is 1. The van der Waals surface area contributed by atoms with Gasteiger partial charge in [-0.3, -0.25) is 4.79 Å². The lowest BCUT2D eigenvalue weighted by atomic mass is 9.85. The number of carbonyl (C=O) groups is 1. The van der Waals surface area contributed by atoms with E-state index >= 15 is 0 Å². The van der Waals surface area contributed by atoms with Gasteiger partial charge in [0.25, 0.3) is 5.91 Å². The van der Waals surface area contributed by atoms with Crippen LogP contribution in [0.15, 0.2) is 35.2 Å². The second-order valence-corrected chi connectivity index (χ2v) is 6.38. The van der Waals surface area contributed by atoms with Crippen LogP contribution in [0.3, 0.4) is 0 Å². The van der Waals surface area contributed by atoms with Crippen LogP contribution < -0.4 is 0 Å². The van der Waals surface area contributed by atoms with Gasteiger partial charge < -0.3 is 19.0 Å². The van der Waals surface area contributed by atoms with Crippen LogP contribution in [0.2, 0.25) is 0 Å². The van der Waals surface area contributed by atoms with Gasteiger partial charge in [0.2, 0.25) is 0 Å². The average molecular weight is 301 g/mol. The third kappa shape index (κ3) is 1.90. The molecule has 2 bridgehead atoms. The van der Waals surface area contributed by atoms with Crippen molar-refractivity contribution in [2.45, 2.75) is 43.4 Å². The average Bonchev–Trinajstić information content (AvgIpc) is 3.19. The van der Waals surface area contributed by atoms with Crippen molar-refractivity contribution in [2.75, 3.05) is 0 Å². The van der Waals surface area contributed by atoms with Crippen LogP contribution in [-0.2, 0) is 12.6 Å². The summed E-state index contributed by atoms with van der Waals surface area (Å²) in [6, 6.07) is 3.50. The molecule has 0 radical (unpaired) electrons. The molecule has 2 aliphatic heterocycles. The summed E-state index contributed by atoms with van der Waals surface area (Å²) in [5, 5.41) is 11.1. The fraction of sp³-hybridized carbons (Fsp3) is 0.500. The number of piperidine rings is 1. The zero-order valence-corrected chi connectivity index (χ0v) is 12.5. The molecule has 2 saturated heterocycles. The van der Waals surface area contributed by atoms with Crippen LogP contribution in [0.5, 0.6) is 0 Å². The maximum atomic E-state index is 12.6. The molecule has 1 amide bonds. The number of fused-ring (bicyclic) bond motifs is 2. The summed E-state index contributed by atoms with van der Waals surface area (Å²) in [4.78, 5) is 18.8. The van der Waals surface area contributed by atoms with Crippen LogP contribution >= 0.6 is 0 Å².